The third kappa shape index (κ3) is 3.66. The molecule has 3 aromatic rings. The Bertz CT molecular complexity index is 1110. The highest BCUT2D eigenvalue weighted by Crippen LogP contribution is 2.30. The van der Waals surface area contributed by atoms with E-state index in [0.717, 1.165) is 28.3 Å². The Balaban J connectivity index is 1.66. The van der Waals surface area contributed by atoms with Gasteiger partial charge in [0.2, 0.25) is 0 Å². The number of carbonyl (C=O) groups is 1. The normalized spacial score (nSPS) is 16.8. The van der Waals surface area contributed by atoms with Crippen LogP contribution in [0, 0.1) is 20.8 Å². The number of amides is 1. The fraction of sp³-hybridized carbons (Fsp3) is 0.130. The summed E-state index contributed by atoms with van der Waals surface area (Å²) in [7, 11) is 0. The van der Waals surface area contributed by atoms with E-state index >= 15 is 0 Å². The number of aryl methyl sites for hydroxylation is 2. The minimum absolute atomic E-state index is 0.111. The lowest BCUT2D eigenvalue weighted by atomic mass is 10.2. The molecule has 0 atom stereocenters. The van der Waals surface area contributed by atoms with Gasteiger partial charge in [-0.15, -0.1) is 0 Å². The van der Waals surface area contributed by atoms with Crippen LogP contribution >= 0.6 is 11.8 Å². The second-order valence-electron chi connectivity index (χ2n) is 6.82. The van der Waals surface area contributed by atoms with Crippen LogP contribution < -0.4 is 5.32 Å². The minimum Gasteiger partial charge on any atom is -0.318 e. The summed E-state index contributed by atoms with van der Waals surface area (Å²) in [6.07, 6.45) is 1.95. The van der Waals surface area contributed by atoms with Gasteiger partial charge in [-0.05, 0) is 80.1 Å². The molecule has 4 rings (SSSR count). The van der Waals surface area contributed by atoms with Crippen LogP contribution in [0.3, 0.4) is 0 Å². The second kappa shape index (κ2) is 7.52. The van der Waals surface area contributed by atoms with E-state index in [0.29, 0.717) is 10.1 Å². The Morgan fingerprint density at radius 1 is 1.00 bits per heavy atom. The van der Waals surface area contributed by atoms with Crippen molar-refractivity contribution in [1.82, 2.24) is 9.88 Å². The maximum Gasteiger partial charge on any atom is 0.264 e. The quantitative estimate of drug-likeness (QED) is 0.620. The molecule has 1 N–H and O–H groups in total. The number of aromatic nitrogens is 1. The number of nitrogens with one attached hydrogen (secondary N) is 1. The van der Waals surface area contributed by atoms with E-state index in [4.69, 9.17) is 0 Å². The fourth-order valence-corrected chi connectivity index (χ4v) is 4.17. The number of hydrogen-bond acceptors (Lipinski definition) is 3. The molecule has 0 unspecified atom stereocenters. The van der Waals surface area contributed by atoms with Gasteiger partial charge in [0.1, 0.15) is 0 Å². The van der Waals surface area contributed by atoms with Crippen LogP contribution in [0.2, 0.25) is 0 Å². The lowest BCUT2D eigenvalue weighted by Gasteiger charge is -2.10. The van der Waals surface area contributed by atoms with Gasteiger partial charge in [-0.25, -0.2) is 4.99 Å². The molecule has 1 aliphatic heterocycles. The van der Waals surface area contributed by atoms with E-state index in [1.807, 2.05) is 36.4 Å². The second-order valence-corrected chi connectivity index (χ2v) is 7.85. The maximum atomic E-state index is 12.4. The molecule has 0 spiro atoms. The van der Waals surface area contributed by atoms with E-state index < -0.39 is 0 Å². The van der Waals surface area contributed by atoms with Crippen LogP contribution in [0.4, 0.5) is 5.69 Å². The fourth-order valence-electron chi connectivity index (χ4n) is 3.34. The molecule has 0 aliphatic carbocycles. The summed E-state index contributed by atoms with van der Waals surface area (Å²) in [5.74, 6) is -0.111. The molecule has 0 bridgehead atoms. The Kier molecular flexibility index (Phi) is 4.92. The molecule has 5 heteroatoms. The molecule has 1 fully saturated rings. The lowest BCUT2D eigenvalue weighted by molar-refractivity contribution is -0.115. The smallest absolute Gasteiger partial charge is 0.264 e. The predicted octanol–water partition coefficient (Wildman–Crippen LogP) is 5.29. The van der Waals surface area contributed by atoms with Crippen molar-refractivity contribution < 1.29 is 4.79 Å². The van der Waals surface area contributed by atoms with Gasteiger partial charge in [0.25, 0.3) is 5.91 Å². The SMILES string of the molecule is Cc1cccc(-n2c(C)cc(/C=C3\SC(=Nc4ccccc4)NC3=O)c2C)c1. The average molecular weight is 388 g/mol. The van der Waals surface area contributed by atoms with Crippen LogP contribution in [-0.2, 0) is 4.79 Å². The highest BCUT2D eigenvalue weighted by atomic mass is 32.2. The average Bonchev–Trinajstić information content (AvgIpc) is 3.14. The highest BCUT2D eigenvalue weighted by Gasteiger charge is 2.24. The van der Waals surface area contributed by atoms with Crippen LogP contribution in [0.1, 0.15) is 22.5 Å². The zero-order chi connectivity index (χ0) is 19.7. The Morgan fingerprint density at radius 2 is 1.79 bits per heavy atom. The largest absolute Gasteiger partial charge is 0.318 e. The Labute approximate surface area is 169 Å². The number of hydrogen-bond donors (Lipinski definition) is 1. The molecule has 28 heavy (non-hydrogen) atoms. The Hall–Kier alpha value is -3.05. The first-order chi connectivity index (χ1) is 13.5. The van der Waals surface area contributed by atoms with Crippen LogP contribution in [0.15, 0.2) is 70.6 Å². The van der Waals surface area contributed by atoms with Crippen LogP contribution in [0.25, 0.3) is 11.8 Å². The van der Waals surface area contributed by atoms with Crippen molar-refractivity contribution in [3.63, 3.8) is 0 Å². The monoisotopic (exact) mass is 387 g/mol. The van der Waals surface area contributed by atoms with Gasteiger partial charge in [-0.3, -0.25) is 4.79 Å². The van der Waals surface area contributed by atoms with E-state index in [2.05, 4.69) is 66.0 Å². The third-order valence-corrected chi connectivity index (χ3v) is 5.56. The number of aliphatic imine (C=N–C) groups is 1. The van der Waals surface area contributed by atoms with E-state index in [-0.39, 0.29) is 5.91 Å². The zero-order valence-corrected chi connectivity index (χ0v) is 16.9. The van der Waals surface area contributed by atoms with Gasteiger partial charge >= 0.3 is 0 Å². The topological polar surface area (TPSA) is 46.4 Å². The molecule has 1 amide bonds. The molecule has 2 heterocycles. The molecular weight excluding hydrogens is 366 g/mol. The van der Waals surface area contributed by atoms with Crippen molar-refractivity contribution in [1.29, 1.82) is 0 Å². The lowest BCUT2D eigenvalue weighted by Crippen LogP contribution is -2.19. The number of thioether (sulfide) groups is 1. The third-order valence-electron chi connectivity index (χ3n) is 4.65. The molecule has 1 saturated heterocycles. The molecule has 2 aromatic carbocycles. The summed E-state index contributed by atoms with van der Waals surface area (Å²) in [5.41, 5.74) is 6.46. The van der Waals surface area contributed by atoms with Gasteiger partial charge in [-0.2, -0.15) is 0 Å². The number of nitrogens with zero attached hydrogens (tertiary/aromatic N) is 2. The molecular formula is C23H21N3OS. The zero-order valence-electron chi connectivity index (χ0n) is 16.1. The van der Waals surface area contributed by atoms with Gasteiger partial charge in [-0.1, -0.05) is 30.3 Å². The molecule has 0 saturated carbocycles. The number of rotatable bonds is 3. The van der Waals surface area contributed by atoms with Crippen molar-refractivity contribution in [2.24, 2.45) is 4.99 Å². The molecule has 4 nitrogen and oxygen atoms in total. The summed E-state index contributed by atoms with van der Waals surface area (Å²) in [5, 5.41) is 3.46. The van der Waals surface area contributed by atoms with Crippen molar-refractivity contribution >= 4 is 34.6 Å². The summed E-state index contributed by atoms with van der Waals surface area (Å²) in [6, 6.07) is 20.2. The van der Waals surface area contributed by atoms with Gasteiger partial charge in [0, 0.05) is 17.1 Å². The summed E-state index contributed by atoms with van der Waals surface area (Å²) >= 11 is 1.37. The minimum atomic E-state index is -0.111. The van der Waals surface area contributed by atoms with Crippen molar-refractivity contribution in [2.75, 3.05) is 0 Å². The van der Waals surface area contributed by atoms with E-state index in [1.54, 1.807) is 0 Å². The van der Waals surface area contributed by atoms with E-state index in [1.165, 1.54) is 17.3 Å². The van der Waals surface area contributed by atoms with Gasteiger partial charge in [0.15, 0.2) is 5.17 Å². The van der Waals surface area contributed by atoms with Crippen LogP contribution in [-0.4, -0.2) is 15.6 Å². The first kappa shape index (κ1) is 18.3. The van der Waals surface area contributed by atoms with Gasteiger partial charge < -0.3 is 9.88 Å². The van der Waals surface area contributed by atoms with E-state index in [9.17, 15) is 4.79 Å². The Morgan fingerprint density at radius 3 is 2.54 bits per heavy atom. The number of carbonyl (C=O) groups excluding carboxylic acids is 1. The summed E-state index contributed by atoms with van der Waals surface area (Å²) in [6.45, 7) is 6.26. The molecule has 1 aromatic heterocycles. The molecule has 140 valence electrons. The standard InChI is InChI=1S/C23H21N3OS/c1-15-8-7-11-20(12-15)26-16(2)13-18(17(26)3)14-21-22(27)25-23(28-21)24-19-9-5-4-6-10-19/h4-14H,1-3H3,(H,24,25,27)/b21-14-. The molecule has 1 aliphatic rings. The van der Waals surface area contributed by atoms with Crippen molar-refractivity contribution in [2.45, 2.75) is 20.8 Å². The first-order valence-electron chi connectivity index (χ1n) is 9.12. The maximum absolute atomic E-state index is 12.4. The predicted molar refractivity (Wildman–Crippen MR) is 117 cm³/mol. The number of benzene rings is 2. The van der Waals surface area contributed by atoms with Crippen molar-refractivity contribution in [3.8, 4) is 5.69 Å². The van der Waals surface area contributed by atoms with Gasteiger partial charge in [0.05, 0.1) is 10.6 Å². The van der Waals surface area contributed by atoms with Crippen molar-refractivity contribution in [3.05, 3.63) is 88.1 Å². The number of amidine groups is 1. The molecule has 0 radical (unpaired) electrons. The highest BCUT2D eigenvalue weighted by molar-refractivity contribution is 8.18. The summed E-state index contributed by atoms with van der Waals surface area (Å²) in [4.78, 5) is 17.6. The first-order valence-corrected chi connectivity index (χ1v) is 9.93. The number of para-hydroxylation sites is 1. The summed E-state index contributed by atoms with van der Waals surface area (Å²) < 4.78 is 2.22. The van der Waals surface area contributed by atoms with Crippen LogP contribution in [0.5, 0.6) is 0 Å².